The highest BCUT2D eigenvalue weighted by molar-refractivity contribution is 4.98. The number of nitrogens with zero attached hydrogens (tertiary/aromatic N) is 2. The number of nitrogens with one attached hydrogen (secondary N) is 1. The van der Waals surface area contributed by atoms with E-state index >= 15 is 0 Å². The molecule has 3 nitrogen and oxygen atoms in total. The van der Waals surface area contributed by atoms with Crippen LogP contribution < -0.4 is 5.32 Å². The number of imidazole rings is 1. The molecule has 0 aliphatic carbocycles. The van der Waals surface area contributed by atoms with E-state index in [9.17, 15) is 13.2 Å². The van der Waals surface area contributed by atoms with Crippen LogP contribution in [0.15, 0.2) is 12.5 Å². The first-order chi connectivity index (χ1) is 6.03. The fraction of sp³-hybridized carbons (Fsp3) is 0.571. The van der Waals surface area contributed by atoms with Crippen molar-refractivity contribution in [1.82, 2.24) is 14.9 Å². The Kier molecular flexibility index (Phi) is 2.92. The van der Waals surface area contributed by atoms with Crippen LogP contribution in [-0.2, 0) is 13.1 Å². The van der Waals surface area contributed by atoms with Gasteiger partial charge in [-0.15, -0.1) is 0 Å². The Morgan fingerprint density at radius 3 is 2.77 bits per heavy atom. The van der Waals surface area contributed by atoms with Gasteiger partial charge in [0.2, 0.25) is 0 Å². The van der Waals surface area contributed by atoms with Crippen molar-refractivity contribution in [2.45, 2.75) is 19.3 Å². The lowest BCUT2D eigenvalue weighted by atomic mass is 10.4. The van der Waals surface area contributed by atoms with E-state index in [0.717, 1.165) is 4.57 Å². The fourth-order valence-electron chi connectivity index (χ4n) is 1.01. The highest BCUT2D eigenvalue weighted by Crippen LogP contribution is 2.18. The molecule has 13 heavy (non-hydrogen) atoms. The summed E-state index contributed by atoms with van der Waals surface area (Å²) < 4.78 is 37.0. The van der Waals surface area contributed by atoms with Crippen molar-refractivity contribution < 1.29 is 13.2 Å². The smallest absolute Gasteiger partial charge is 0.324 e. The van der Waals surface area contributed by atoms with Gasteiger partial charge >= 0.3 is 6.18 Å². The van der Waals surface area contributed by atoms with Gasteiger partial charge in [-0.05, 0) is 7.05 Å². The van der Waals surface area contributed by atoms with Crippen LogP contribution in [0.1, 0.15) is 5.69 Å². The molecule has 0 saturated carbocycles. The summed E-state index contributed by atoms with van der Waals surface area (Å²) in [6.45, 7) is -0.597. The molecule has 0 aromatic carbocycles. The van der Waals surface area contributed by atoms with E-state index in [-0.39, 0.29) is 0 Å². The number of alkyl halides is 3. The molecule has 1 rings (SSSR count). The molecule has 6 heteroatoms. The van der Waals surface area contributed by atoms with Gasteiger partial charge in [0.25, 0.3) is 0 Å². The topological polar surface area (TPSA) is 29.9 Å². The van der Waals surface area contributed by atoms with E-state index in [1.807, 2.05) is 0 Å². The van der Waals surface area contributed by atoms with E-state index in [0.29, 0.717) is 12.2 Å². The quantitative estimate of drug-likeness (QED) is 0.780. The van der Waals surface area contributed by atoms with Crippen molar-refractivity contribution in [2.24, 2.45) is 0 Å². The maximum absolute atomic E-state index is 12.0. The summed E-state index contributed by atoms with van der Waals surface area (Å²) in [5, 5.41) is 2.77. The van der Waals surface area contributed by atoms with Crippen LogP contribution >= 0.6 is 0 Å². The summed E-state index contributed by atoms with van der Waals surface area (Å²) in [5.41, 5.74) is 0.528. The lowest BCUT2D eigenvalue weighted by molar-refractivity contribution is -0.141. The van der Waals surface area contributed by atoms with Crippen LogP contribution in [0.2, 0.25) is 0 Å². The Hall–Kier alpha value is -1.04. The summed E-state index contributed by atoms with van der Waals surface area (Å²) in [5.74, 6) is 0. The van der Waals surface area contributed by atoms with Gasteiger partial charge in [0.15, 0.2) is 0 Å². The molecule has 0 unspecified atom stereocenters. The zero-order valence-electron chi connectivity index (χ0n) is 7.10. The van der Waals surface area contributed by atoms with E-state index in [2.05, 4.69) is 10.3 Å². The van der Waals surface area contributed by atoms with Crippen LogP contribution in [0.3, 0.4) is 0 Å². The lowest BCUT2D eigenvalue weighted by Crippen LogP contribution is -2.20. The van der Waals surface area contributed by atoms with Crippen molar-refractivity contribution in [2.75, 3.05) is 7.05 Å². The van der Waals surface area contributed by atoms with Crippen molar-refractivity contribution >= 4 is 0 Å². The number of halogens is 3. The second kappa shape index (κ2) is 3.78. The molecule has 0 aliphatic rings. The maximum Gasteiger partial charge on any atom is 0.406 e. The molecule has 1 aromatic heterocycles. The van der Waals surface area contributed by atoms with Crippen molar-refractivity contribution in [3.63, 3.8) is 0 Å². The third-order valence-electron chi connectivity index (χ3n) is 1.51. The largest absolute Gasteiger partial charge is 0.406 e. The highest BCUT2D eigenvalue weighted by Gasteiger charge is 2.28. The molecule has 0 bridgehead atoms. The van der Waals surface area contributed by atoms with Crippen LogP contribution in [0.5, 0.6) is 0 Å². The minimum absolute atomic E-state index is 0.385. The summed E-state index contributed by atoms with van der Waals surface area (Å²) in [6, 6.07) is 0. The summed E-state index contributed by atoms with van der Waals surface area (Å²) in [6.07, 6.45) is -1.59. The maximum atomic E-state index is 12.0. The van der Waals surface area contributed by atoms with E-state index in [1.54, 1.807) is 7.05 Å². The Morgan fingerprint density at radius 1 is 1.54 bits per heavy atom. The monoisotopic (exact) mass is 193 g/mol. The minimum atomic E-state index is -4.19. The first-order valence-electron chi connectivity index (χ1n) is 3.73. The molecule has 0 spiro atoms. The number of hydrogen-bond acceptors (Lipinski definition) is 2. The molecule has 74 valence electrons. The van der Waals surface area contributed by atoms with Gasteiger partial charge in [0.1, 0.15) is 6.54 Å². The summed E-state index contributed by atoms with van der Waals surface area (Å²) in [4.78, 5) is 3.65. The second-order valence-electron chi connectivity index (χ2n) is 2.66. The van der Waals surface area contributed by atoms with E-state index < -0.39 is 12.7 Å². The zero-order valence-corrected chi connectivity index (χ0v) is 7.10. The molecule has 1 N–H and O–H groups in total. The van der Waals surface area contributed by atoms with Crippen LogP contribution in [0.25, 0.3) is 0 Å². The van der Waals surface area contributed by atoms with E-state index in [1.165, 1.54) is 12.5 Å². The minimum Gasteiger partial charge on any atom is -0.324 e. The molecule has 0 saturated heterocycles. The Bertz CT molecular complexity index is 266. The Labute approximate surface area is 73.6 Å². The first kappa shape index (κ1) is 10.0. The van der Waals surface area contributed by atoms with Gasteiger partial charge < -0.3 is 9.88 Å². The Balaban J connectivity index is 2.70. The normalized spacial score (nSPS) is 12.0. The number of hydrogen-bond donors (Lipinski definition) is 1. The third-order valence-corrected chi connectivity index (χ3v) is 1.51. The van der Waals surface area contributed by atoms with Gasteiger partial charge in [-0.25, -0.2) is 4.98 Å². The van der Waals surface area contributed by atoms with Gasteiger partial charge in [-0.1, -0.05) is 0 Å². The fourth-order valence-corrected chi connectivity index (χ4v) is 1.01. The Morgan fingerprint density at radius 2 is 2.23 bits per heavy atom. The predicted octanol–water partition coefficient (Wildman–Crippen LogP) is 1.16. The molecule has 0 aliphatic heterocycles. The first-order valence-corrected chi connectivity index (χ1v) is 3.73. The summed E-state index contributed by atoms with van der Waals surface area (Å²) >= 11 is 0. The van der Waals surface area contributed by atoms with Gasteiger partial charge in [0, 0.05) is 12.7 Å². The average Bonchev–Trinajstić information content (AvgIpc) is 2.34. The average molecular weight is 193 g/mol. The number of aromatic nitrogens is 2. The van der Waals surface area contributed by atoms with Crippen molar-refractivity contribution in [3.05, 3.63) is 18.2 Å². The number of rotatable bonds is 3. The molecule has 1 aromatic rings. The van der Waals surface area contributed by atoms with E-state index in [4.69, 9.17) is 0 Å². The molecular formula is C7H10F3N3. The molecule has 0 amide bonds. The third kappa shape index (κ3) is 3.06. The van der Waals surface area contributed by atoms with Gasteiger partial charge in [0.05, 0.1) is 12.0 Å². The van der Waals surface area contributed by atoms with Crippen LogP contribution in [-0.4, -0.2) is 22.8 Å². The van der Waals surface area contributed by atoms with Crippen molar-refractivity contribution in [3.8, 4) is 0 Å². The van der Waals surface area contributed by atoms with Crippen molar-refractivity contribution in [1.29, 1.82) is 0 Å². The highest BCUT2D eigenvalue weighted by atomic mass is 19.4. The molecule has 0 atom stereocenters. The molecule has 1 heterocycles. The van der Waals surface area contributed by atoms with Crippen LogP contribution in [0.4, 0.5) is 13.2 Å². The van der Waals surface area contributed by atoms with Gasteiger partial charge in [-0.2, -0.15) is 13.2 Å². The summed E-state index contributed by atoms with van der Waals surface area (Å²) in [7, 11) is 1.67. The predicted molar refractivity (Wildman–Crippen MR) is 41.0 cm³/mol. The van der Waals surface area contributed by atoms with Gasteiger partial charge in [-0.3, -0.25) is 0 Å². The van der Waals surface area contributed by atoms with Crippen LogP contribution in [0, 0.1) is 0 Å². The SMILES string of the molecule is CNCc1cncn1CC(F)(F)F. The second-order valence-corrected chi connectivity index (χ2v) is 2.66. The lowest BCUT2D eigenvalue weighted by Gasteiger charge is -2.10. The zero-order chi connectivity index (χ0) is 9.90. The molecule has 0 fully saturated rings. The molecular weight excluding hydrogens is 183 g/mol. The molecule has 0 radical (unpaired) electrons. The standard InChI is InChI=1S/C7H10F3N3/c1-11-2-6-3-12-5-13(6)4-7(8,9)10/h3,5,11H,2,4H2,1H3.